The Bertz CT molecular complexity index is 744. The molecule has 0 unspecified atom stereocenters. The third-order valence-electron chi connectivity index (χ3n) is 4.63. The van der Waals surface area contributed by atoms with Gasteiger partial charge in [0.2, 0.25) is 0 Å². The molecule has 0 saturated carbocycles. The van der Waals surface area contributed by atoms with Gasteiger partial charge in [0, 0.05) is 13.1 Å². The van der Waals surface area contributed by atoms with Gasteiger partial charge in [0.1, 0.15) is 11.5 Å². The first kappa shape index (κ1) is 17.7. The summed E-state index contributed by atoms with van der Waals surface area (Å²) in [5, 5.41) is 3.83. The fourth-order valence-corrected chi connectivity index (χ4v) is 3.45. The number of carbonyl (C=O) groups is 1. The lowest BCUT2D eigenvalue weighted by molar-refractivity contribution is 0.0691. The van der Waals surface area contributed by atoms with Crippen LogP contribution >= 0.6 is 11.6 Å². The molecule has 1 aliphatic heterocycles. The van der Waals surface area contributed by atoms with E-state index >= 15 is 0 Å². The standard InChI is InChI=1S/C19H23ClN4O/c1-12-4-6-24(7-5-12)19(25)16-10-22-17(11-21-16)23-18-14(3)8-13(2)9-15(18)20/h8-12H,4-7H2,1-3H3,(H,22,23). The molecular formula is C19H23ClN4O. The van der Waals surface area contributed by atoms with Gasteiger partial charge in [0.05, 0.1) is 23.1 Å². The van der Waals surface area contributed by atoms with Gasteiger partial charge in [-0.25, -0.2) is 9.97 Å². The lowest BCUT2D eigenvalue weighted by Gasteiger charge is -2.29. The number of likely N-dealkylation sites (tertiary alicyclic amines) is 1. The van der Waals surface area contributed by atoms with E-state index in [4.69, 9.17) is 11.6 Å². The summed E-state index contributed by atoms with van der Waals surface area (Å²) in [6, 6.07) is 3.95. The Labute approximate surface area is 153 Å². The maximum absolute atomic E-state index is 12.5. The number of benzene rings is 1. The third kappa shape index (κ3) is 4.10. The molecule has 132 valence electrons. The Hall–Kier alpha value is -2.14. The first-order chi connectivity index (χ1) is 11.9. The van der Waals surface area contributed by atoms with Gasteiger partial charge in [-0.2, -0.15) is 0 Å². The summed E-state index contributed by atoms with van der Waals surface area (Å²) in [7, 11) is 0. The monoisotopic (exact) mass is 358 g/mol. The normalized spacial score (nSPS) is 15.3. The predicted molar refractivity (Wildman–Crippen MR) is 101 cm³/mol. The number of aryl methyl sites for hydroxylation is 2. The van der Waals surface area contributed by atoms with E-state index in [1.165, 1.54) is 6.20 Å². The molecule has 0 spiro atoms. The molecule has 1 saturated heterocycles. The van der Waals surface area contributed by atoms with Crippen molar-refractivity contribution in [3.05, 3.63) is 46.4 Å². The van der Waals surface area contributed by atoms with Crippen molar-refractivity contribution in [1.82, 2.24) is 14.9 Å². The highest BCUT2D eigenvalue weighted by atomic mass is 35.5. The number of hydrogen-bond donors (Lipinski definition) is 1. The van der Waals surface area contributed by atoms with Gasteiger partial charge in [-0.3, -0.25) is 4.79 Å². The van der Waals surface area contributed by atoms with Crippen molar-refractivity contribution < 1.29 is 4.79 Å². The van der Waals surface area contributed by atoms with Gasteiger partial charge >= 0.3 is 0 Å². The zero-order valence-corrected chi connectivity index (χ0v) is 15.6. The second kappa shape index (κ2) is 7.40. The van der Waals surface area contributed by atoms with Gasteiger partial charge in [-0.1, -0.05) is 24.6 Å². The molecule has 0 aliphatic carbocycles. The molecule has 25 heavy (non-hydrogen) atoms. The molecule has 5 nitrogen and oxygen atoms in total. The Morgan fingerprint density at radius 1 is 1.20 bits per heavy atom. The maximum atomic E-state index is 12.5. The fourth-order valence-electron chi connectivity index (χ4n) is 3.08. The minimum atomic E-state index is -0.0458. The molecule has 1 N–H and O–H groups in total. The molecule has 0 radical (unpaired) electrons. The average molecular weight is 359 g/mol. The van der Waals surface area contributed by atoms with Crippen LogP contribution in [0.1, 0.15) is 41.4 Å². The summed E-state index contributed by atoms with van der Waals surface area (Å²) in [6.45, 7) is 7.80. The minimum Gasteiger partial charge on any atom is -0.338 e. The molecule has 1 fully saturated rings. The second-order valence-electron chi connectivity index (χ2n) is 6.83. The third-order valence-corrected chi connectivity index (χ3v) is 4.92. The number of carbonyl (C=O) groups excluding carboxylic acids is 1. The Morgan fingerprint density at radius 3 is 2.52 bits per heavy atom. The van der Waals surface area contributed by atoms with Crippen LogP contribution in [0.5, 0.6) is 0 Å². The van der Waals surface area contributed by atoms with Gasteiger partial charge in [-0.05, 0) is 49.8 Å². The zero-order valence-electron chi connectivity index (χ0n) is 14.8. The van der Waals surface area contributed by atoms with Gasteiger partial charge in [0.15, 0.2) is 0 Å². The number of rotatable bonds is 3. The number of aromatic nitrogens is 2. The van der Waals surface area contributed by atoms with E-state index in [9.17, 15) is 4.79 Å². The highest BCUT2D eigenvalue weighted by molar-refractivity contribution is 6.33. The molecule has 1 aromatic heterocycles. The lowest BCUT2D eigenvalue weighted by Crippen LogP contribution is -2.38. The van der Waals surface area contributed by atoms with E-state index in [1.54, 1.807) is 6.20 Å². The van der Waals surface area contributed by atoms with Crippen LogP contribution in [0.4, 0.5) is 11.5 Å². The van der Waals surface area contributed by atoms with Crippen LogP contribution < -0.4 is 5.32 Å². The summed E-state index contributed by atoms with van der Waals surface area (Å²) >= 11 is 6.31. The number of nitrogens with one attached hydrogen (secondary N) is 1. The van der Waals surface area contributed by atoms with E-state index in [0.29, 0.717) is 22.5 Å². The van der Waals surface area contributed by atoms with Crippen LogP contribution in [-0.2, 0) is 0 Å². The molecule has 1 amide bonds. The van der Waals surface area contributed by atoms with E-state index in [0.717, 1.165) is 42.7 Å². The van der Waals surface area contributed by atoms with Crippen molar-refractivity contribution in [2.24, 2.45) is 5.92 Å². The number of amides is 1. The van der Waals surface area contributed by atoms with E-state index in [2.05, 4.69) is 28.3 Å². The summed E-state index contributed by atoms with van der Waals surface area (Å²) in [4.78, 5) is 23.0. The molecule has 1 aliphatic rings. The predicted octanol–water partition coefficient (Wildman–Crippen LogP) is 4.36. The van der Waals surface area contributed by atoms with Crippen molar-refractivity contribution in [1.29, 1.82) is 0 Å². The quantitative estimate of drug-likeness (QED) is 0.885. The van der Waals surface area contributed by atoms with Gasteiger partial charge in [-0.15, -0.1) is 0 Å². The van der Waals surface area contributed by atoms with Crippen LogP contribution in [0, 0.1) is 19.8 Å². The molecular weight excluding hydrogens is 336 g/mol. The summed E-state index contributed by atoms with van der Waals surface area (Å²) in [5.74, 6) is 1.21. The van der Waals surface area contributed by atoms with Crippen molar-refractivity contribution in [2.75, 3.05) is 18.4 Å². The van der Waals surface area contributed by atoms with Crippen molar-refractivity contribution in [2.45, 2.75) is 33.6 Å². The molecule has 0 atom stereocenters. The summed E-state index contributed by atoms with van der Waals surface area (Å²) in [6.07, 6.45) is 5.20. The lowest BCUT2D eigenvalue weighted by atomic mass is 9.99. The van der Waals surface area contributed by atoms with Crippen molar-refractivity contribution in [3.63, 3.8) is 0 Å². The number of anilines is 2. The fraction of sp³-hybridized carbons (Fsp3) is 0.421. The van der Waals surface area contributed by atoms with Gasteiger partial charge < -0.3 is 10.2 Å². The number of nitrogens with zero attached hydrogens (tertiary/aromatic N) is 3. The molecule has 6 heteroatoms. The molecule has 1 aromatic carbocycles. The maximum Gasteiger partial charge on any atom is 0.274 e. The average Bonchev–Trinajstić information content (AvgIpc) is 2.59. The van der Waals surface area contributed by atoms with Crippen molar-refractivity contribution >= 4 is 29.0 Å². The van der Waals surface area contributed by atoms with Gasteiger partial charge in [0.25, 0.3) is 5.91 Å². The Morgan fingerprint density at radius 2 is 1.92 bits per heavy atom. The van der Waals surface area contributed by atoms with E-state index in [1.807, 2.05) is 24.8 Å². The smallest absolute Gasteiger partial charge is 0.274 e. The Kier molecular flexibility index (Phi) is 5.23. The van der Waals surface area contributed by atoms with E-state index < -0.39 is 0 Å². The largest absolute Gasteiger partial charge is 0.338 e. The molecule has 2 aromatic rings. The molecule has 2 heterocycles. The van der Waals surface area contributed by atoms with Crippen molar-refractivity contribution in [3.8, 4) is 0 Å². The van der Waals surface area contributed by atoms with Crippen LogP contribution in [0.25, 0.3) is 0 Å². The molecule has 3 rings (SSSR count). The first-order valence-corrected chi connectivity index (χ1v) is 8.97. The highest BCUT2D eigenvalue weighted by Crippen LogP contribution is 2.29. The van der Waals surface area contributed by atoms with E-state index in [-0.39, 0.29) is 5.91 Å². The summed E-state index contributed by atoms with van der Waals surface area (Å²) < 4.78 is 0. The number of piperidine rings is 1. The van der Waals surface area contributed by atoms with Crippen LogP contribution in [0.15, 0.2) is 24.5 Å². The minimum absolute atomic E-state index is 0.0458. The Balaban J connectivity index is 1.71. The number of halogens is 1. The highest BCUT2D eigenvalue weighted by Gasteiger charge is 2.22. The number of hydrogen-bond acceptors (Lipinski definition) is 4. The topological polar surface area (TPSA) is 58.1 Å². The summed E-state index contributed by atoms with van der Waals surface area (Å²) in [5.41, 5.74) is 3.34. The van der Waals surface area contributed by atoms with Crippen LogP contribution in [0.3, 0.4) is 0 Å². The van der Waals surface area contributed by atoms with Crippen LogP contribution in [0.2, 0.25) is 5.02 Å². The first-order valence-electron chi connectivity index (χ1n) is 8.59. The molecule has 0 bridgehead atoms. The van der Waals surface area contributed by atoms with Crippen LogP contribution in [-0.4, -0.2) is 33.9 Å². The zero-order chi connectivity index (χ0) is 18.0. The SMILES string of the molecule is Cc1cc(C)c(Nc2cnc(C(=O)N3CCC(C)CC3)cn2)c(Cl)c1. The second-order valence-corrected chi connectivity index (χ2v) is 7.23.